The van der Waals surface area contributed by atoms with E-state index in [-0.39, 0.29) is 16.3 Å². The van der Waals surface area contributed by atoms with Crippen LogP contribution in [0.1, 0.15) is 26.8 Å². The van der Waals surface area contributed by atoms with Gasteiger partial charge in [0.15, 0.2) is 0 Å². The molecule has 3 heterocycles. The van der Waals surface area contributed by atoms with E-state index in [0.717, 1.165) is 23.7 Å². The third-order valence-corrected chi connectivity index (χ3v) is 6.54. The molecule has 30 heavy (non-hydrogen) atoms. The molecule has 0 saturated heterocycles. The number of aryl methyl sites for hydroxylation is 3. The lowest BCUT2D eigenvalue weighted by atomic mass is 10.3. The smallest absolute Gasteiger partial charge is 0.270 e. The first-order valence-electron chi connectivity index (χ1n) is 8.48. The molecular formula is C17H18F3N5O3S2. The standard InChI is InChI=1S/C17H18F3N5O3S2/c1-9-15(10(2)23(3)21-9)25(30(5,27)28)16(26)13-7-6-12(29-13)11-8-14(17(18,19)20)24(4)22-11/h6-8H,1-5H3. The molecule has 0 bridgehead atoms. The molecule has 0 unspecified atom stereocenters. The number of nitrogens with zero attached hydrogens (tertiary/aromatic N) is 5. The van der Waals surface area contributed by atoms with Crippen LogP contribution in [0.4, 0.5) is 18.9 Å². The molecule has 0 radical (unpaired) electrons. The van der Waals surface area contributed by atoms with E-state index in [9.17, 15) is 26.4 Å². The van der Waals surface area contributed by atoms with Gasteiger partial charge < -0.3 is 0 Å². The molecule has 0 aromatic carbocycles. The second-order valence-corrected chi connectivity index (χ2v) is 9.59. The number of rotatable bonds is 4. The van der Waals surface area contributed by atoms with Crippen LogP contribution >= 0.6 is 11.3 Å². The van der Waals surface area contributed by atoms with Crippen LogP contribution in [0.3, 0.4) is 0 Å². The van der Waals surface area contributed by atoms with E-state index in [1.807, 2.05) is 0 Å². The van der Waals surface area contributed by atoms with Gasteiger partial charge in [-0.05, 0) is 32.0 Å². The van der Waals surface area contributed by atoms with Gasteiger partial charge >= 0.3 is 6.18 Å². The molecule has 8 nitrogen and oxygen atoms in total. The Hall–Kier alpha value is -2.67. The van der Waals surface area contributed by atoms with E-state index in [1.165, 1.54) is 23.9 Å². The molecule has 0 N–H and O–H groups in total. The van der Waals surface area contributed by atoms with Gasteiger partial charge in [0.2, 0.25) is 10.0 Å². The van der Waals surface area contributed by atoms with Crippen molar-refractivity contribution >= 4 is 33.0 Å². The Kier molecular flexibility index (Phi) is 5.31. The molecule has 0 aliphatic heterocycles. The average Bonchev–Trinajstić information content (AvgIpc) is 3.27. The monoisotopic (exact) mass is 461 g/mol. The first-order valence-corrected chi connectivity index (χ1v) is 11.1. The average molecular weight is 461 g/mol. The highest BCUT2D eigenvalue weighted by Gasteiger charge is 2.36. The zero-order chi connectivity index (χ0) is 22.6. The van der Waals surface area contributed by atoms with Crippen molar-refractivity contribution < 1.29 is 26.4 Å². The minimum atomic E-state index is -4.57. The Morgan fingerprint density at radius 1 is 1.13 bits per heavy atom. The third-order valence-electron chi connectivity index (χ3n) is 4.43. The van der Waals surface area contributed by atoms with Gasteiger partial charge in [-0.3, -0.25) is 14.2 Å². The van der Waals surface area contributed by atoms with Gasteiger partial charge in [-0.2, -0.15) is 27.7 Å². The minimum Gasteiger partial charge on any atom is -0.270 e. The SMILES string of the molecule is Cc1nn(C)c(C)c1N(C(=O)c1ccc(-c2cc(C(F)(F)F)n(C)n2)s1)S(C)(=O)=O. The lowest BCUT2D eigenvalue weighted by Gasteiger charge is -2.20. The number of halogens is 3. The van der Waals surface area contributed by atoms with Crippen molar-refractivity contribution in [2.75, 3.05) is 10.6 Å². The molecule has 3 aromatic rings. The summed E-state index contributed by atoms with van der Waals surface area (Å²) in [5.74, 6) is -0.820. The van der Waals surface area contributed by atoms with Crippen LogP contribution in [-0.4, -0.2) is 40.1 Å². The molecule has 0 aliphatic carbocycles. The summed E-state index contributed by atoms with van der Waals surface area (Å²) in [4.78, 5) is 13.4. The minimum absolute atomic E-state index is 0.0357. The summed E-state index contributed by atoms with van der Waals surface area (Å²) >= 11 is 0.858. The topological polar surface area (TPSA) is 90.1 Å². The first kappa shape index (κ1) is 22.0. The molecular weight excluding hydrogens is 443 g/mol. The largest absolute Gasteiger partial charge is 0.433 e. The molecule has 13 heteroatoms. The van der Waals surface area contributed by atoms with Crippen molar-refractivity contribution in [3.05, 3.63) is 40.2 Å². The van der Waals surface area contributed by atoms with Crippen LogP contribution in [0.5, 0.6) is 0 Å². The Balaban J connectivity index is 2.04. The van der Waals surface area contributed by atoms with Crippen LogP contribution in [0.25, 0.3) is 10.6 Å². The number of hydrogen-bond donors (Lipinski definition) is 0. The third kappa shape index (κ3) is 3.86. The Bertz CT molecular complexity index is 1240. The van der Waals surface area contributed by atoms with Crippen LogP contribution in [0, 0.1) is 13.8 Å². The number of amides is 1. The zero-order valence-corrected chi connectivity index (χ0v) is 18.3. The van der Waals surface area contributed by atoms with E-state index in [0.29, 0.717) is 25.3 Å². The molecule has 0 saturated carbocycles. The number of hydrogen-bond acceptors (Lipinski definition) is 6. The van der Waals surface area contributed by atoms with Gasteiger partial charge in [-0.15, -0.1) is 11.3 Å². The zero-order valence-electron chi connectivity index (χ0n) is 16.6. The van der Waals surface area contributed by atoms with E-state index in [4.69, 9.17) is 0 Å². The van der Waals surface area contributed by atoms with Crippen molar-refractivity contribution in [1.82, 2.24) is 19.6 Å². The predicted molar refractivity (Wildman–Crippen MR) is 106 cm³/mol. The highest BCUT2D eigenvalue weighted by Crippen LogP contribution is 2.35. The number of alkyl halides is 3. The summed E-state index contributed by atoms with van der Waals surface area (Å²) in [6.45, 7) is 3.22. The molecule has 0 aliphatic rings. The van der Waals surface area contributed by atoms with Crippen molar-refractivity contribution in [2.24, 2.45) is 14.1 Å². The van der Waals surface area contributed by atoms with E-state index < -0.39 is 27.8 Å². The first-order chi connectivity index (χ1) is 13.7. The predicted octanol–water partition coefficient (Wildman–Crippen LogP) is 3.12. The molecule has 3 aromatic heterocycles. The quantitative estimate of drug-likeness (QED) is 0.596. The summed E-state index contributed by atoms with van der Waals surface area (Å²) in [5, 5.41) is 8.01. The summed E-state index contributed by atoms with van der Waals surface area (Å²) in [6, 6.07) is 3.68. The number of carbonyl (C=O) groups excluding carboxylic acids is 1. The highest BCUT2D eigenvalue weighted by atomic mass is 32.2. The molecule has 3 rings (SSSR count). The van der Waals surface area contributed by atoms with Crippen molar-refractivity contribution in [2.45, 2.75) is 20.0 Å². The van der Waals surface area contributed by atoms with Crippen LogP contribution < -0.4 is 4.31 Å². The fraction of sp³-hybridized carbons (Fsp3) is 0.353. The number of sulfonamides is 1. The number of carbonyl (C=O) groups is 1. The summed E-state index contributed by atoms with van der Waals surface area (Å²) < 4.78 is 66.8. The van der Waals surface area contributed by atoms with Gasteiger partial charge in [0, 0.05) is 14.1 Å². The molecule has 1 amide bonds. The Morgan fingerprint density at radius 2 is 1.77 bits per heavy atom. The fourth-order valence-electron chi connectivity index (χ4n) is 3.02. The number of thiophene rings is 1. The summed E-state index contributed by atoms with van der Waals surface area (Å²) in [6.07, 6.45) is -3.67. The fourth-order valence-corrected chi connectivity index (χ4v) is 4.96. The number of aromatic nitrogens is 4. The maximum absolute atomic E-state index is 13.1. The number of anilines is 1. The second-order valence-electron chi connectivity index (χ2n) is 6.68. The van der Waals surface area contributed by atoms with Crippen molar-refractivity contribution in [3.63, 3.8) is 0 Å². The van der Waals surface area contributed by atoms with Gasteiger partial charge in [0.25, 0.3) is 5.91 Å². The molecule has 0 atom stereocenters. The summed E-state index contributed by atoms with van der Waals surface area (Å²) in [7, 11) is -1.21. The highest BCUT2D eigenvalue weighted by molar-refractivity contribution is 7.92. The second kappa shape index (κ2) is 7.23. The van der Waals surface area contributed by atoms with E-state index in [1.54, 1.807) is 20.9 Å². The van der Waals surface area contributed by atoms with Crippen molar-refractivity contribution in [3.8, 4) is 10.6 Å². The lowest BCUT2D eigenvalue weighted by molar-refractivity contribution is -0.143. The maximum atomic E-state index is 13.1. The Morgan fingerprint density at radius 3 is 2.23 bits per heavy atom. The van der Waals surface area contributed by atoms with Crippen molar-refractivity contribution in [1.29, 1.82) is 0 Å². The van der Waals surface area contributed by atoms with Gasteiger partial charge in [0.1, 0.15) is 17.1 Å². The lowest BCUT2D eigenvalue weighted by Crippen LogP contribution is -2.36. The van der Waals surface area contributed by atoms with E-state index >= 15 is 0 Å². The molecule has 0 fully saturated rings. The normalized spacial score (nSPS) is 12.4. The van der Waals surface area contributed by atoms with Gasteiger partial charge in [-0.25, -0.2) is 8.42 Å². The molecule has 0 spiro atoms. The Labute approximate surface area is 174 Å². The van der Waals surface area contributed by atoms with Crippen LogP contribution in [-0.2, 0) is 30.3 Å². The maximum Gasteiger partial charge on any atom is 0.433 e. The summed E-state index contributed by atoms with van der Waals surface area (Å²) in [5.41, 5.74) is 0.0801. The van der Waals surface area contributed by atoms with Gasteiger partial charge in [0.05, 0.1) is 27.4 Å². The van der Waals surface area contributed by atoms with E-state index in [2.05, 4.69) is 10.2 Å². The van der Waals surface area contributed by atoms with Crippen LogP contribution in [0.15, 0.2) is 18.2 Å². The van der Waals surface area contributed by atoms with Crippen LogP contribution in [0.2, 0.25) is 0 Å². The van der Waals surface area contributed by atoms with Gasteiger partial charge in [-0.1, -0.05) is 0 Å². The molecule has 162 valence electrons.